The van der Waals surface area contributed by atoms with Crippen molar-refractivity contribution in [3.8, 4) is 0 Å². The Labute approximate surface area is 208 Å². The van der Waals surface area contributed by atoms with E-state index in [0.29, 0.717) is 30.5 Å². The molecular weight excluding hydrogens is 462 g/mol. The van der Waals surface area contributed by atoms with Crippen LogP contribution in [-0.4, -0.2) is 56.7 Å². The number of nitrogens with zero attached hydrogens (tertiary/aromatic N) is 5. The minimum Gasteiger partial charge on any atom is -0.440 e. The number of likely N-dealkylation sites (N-methyl/N-ethyl adjacent to an activating group) is 1. The molecule has 4 heterocycles. The van der Waals surface area contributed by atoms with Crippen LogP contribution < -0.4 is 5.32 Å². The summed E-state index contributed by atoms with van der Waals surface area (Å²) in [6, 6.07) is 11.8. The van der Waals surface area contributed by atoms with Crippen LogP contribution in [0.3, 0.4) is 0 Å². The topological polar surface area (TPSA) is 99.3 Å². The first-order valence-electron chi connectivity index (χ1n) is 11.5. The summed E-state index contributed by atoms with van der Waals surface area (Å²) in [4.78, 5) is 27.2. The molecule has 182 valence electrons. The van der Waals surface area contributed by atoms with Gasteiger partial charge in [-0.1, -0.05) is 30.3 Å². The molecule has 10 heteroatoms. The van der Waals surface area contributed by atoms with Gasteiger partial charge in [0.2, 0.25) is 0 Å². The third-order valence-electron chi connectivity index (χ3n) is 6.31. The molecule has 35 heavy (non-hydrogen) atoms. The number of carbonyl (C=O) groups excluding carboxylic acids is 1. The number of nitrogens with one attached hydrogen (secondary N) is 2. The van der Waals surface area contributed by atoms with Gasteiger partial charge in [-0.3, -0.25) is 10.00 Å². The number of H-pyrrole nitrogens is 1. The highest BCUT2D eigenvalue weighted by molar-refractivity contribution is 7.16. The predicted molar refractivity (Wildman–Crippen MR) is 137 cm³/mol. The Kier molecular flexibility index (Phi) is 5.94. The fourth-order valence-corrected chi connectivity index (χ4v) is 5.29. The summed E-state index contributed by atoms with van der Waals surface area (Å²) in [6.07, 6.45) is -0.737. The number of rotatable bonds is 6. The minimum absolute atomic E-state index is 0.362. The maximum Gasteiger partial charge on any atom is 0.411 e. The Hall–Kier alpha value is -3.50. The van der Waals surface area contributed by atoms with Gasteiger partial charge in [0.1, 0.15) is 22.6 Å². The molecule has 1 unspecified atom stereocenters. The zero-order valence-electron chi connectivity index (χ0n) is 20.5. The molecule has 0 aliphatic carbocycles. The molecule has 9 nitrogen and oxygen atoms in total. The summed E-state index contributed by atoms with van der Waals surface area (Å²) in [7, 11) is 3.94. The largest absolute Gasteiger partial charge is 0.440 e. The fourth-order valence-electron chi connectivity index (χ4n) is 4.48. The summed E-state index contributed by atoms with van der Waals surface area (Å²) < 4.78 is 6.06. The van der Waals surface area contributed by atoms with Gasteiger partial charge in [-0.25, -0.2) is 14.8 Å². The van der Waals surface area contributed by atoms with Crippen LogP contribution in [0.4, 0.5) is 16.4 Å². The molecule has 1 aliphatic rings. The van der Waals surface area contributed by atoms with E-state index in [1.165, 1.54) is 0 Å². The lowest BCUT2D eigenvalue weighted by molar-refractivity contribution is 0.0259. The lowest BCUT2D eigenvalue weighted by Gasteiger charge is -2.33. The summed E-state index contributed by atoms with van der Waals surface area (Å²) in [5.74, 6) is 2.05. The molecule has 0 radical (unpaired) electrons. The molecule has 3 aromatic heterocycles. The zero-order chi connectivity index (χ0) is 24.7. The molecule has 1 aromatic carbocycles. The second kappa shape index (κ2) is 8.94. The molecular formula is C25H29N7O2S. The fraction of sp³-hybridized carbons (Fsp3) is 0.360. The first-order chi connectivity index (χ1) is 16.7. The van der Waals surface area contributed by atoms with E-state index in [9.17, 15) is 4.79 Å². The Bertz CT molecular complexity index is 1360. The zero-order valence-corrected chi connectivity index (χ0v) is 21.3. The van der Waals surface area contributed by atoms with Crippen molar-refractivity contribution in [3.05, 3.63) is 64.4 Å². The maximum absolute atomic E-state index is 13.5. The van der Waals surface area contributed by atoms with E-state index >= 15 is 0 Å². The molecule has 0 saturated carbocycles. The highest BCUT2D eigenvalue weighted by Crippen LogP contribution is 2.42. The van der Waals surface area contributed by atoms with Gasteiger partial charge in [0, 0.05) is 12.1 Å². The predicted octanol–water partition coefficient (Wildman–Crippen LogP) is 4.96. The van der Waals surface area contributed by atoms with Gasteiger partial charge in [-0.15, -0.1) is 11.3 Å². The van der Waals surface area contributed by atoms with Gasteiger partial charge >= 0.3 is 6.09 Å². The van der Waals surface area contributed by atoms with Crippen LogP contribution in [0.5, 0.6) is 0 Å². The third kappa shape index (κ3) is 4.35. The molecule has 0 spiro atoms. The molecule has 0 saturated heterocycles. The summed E-state index contributed by atoms with van der Waals surface area (Å²) in [5, 5.41) is 14.0. The number of anilines is 2. The van der Waals surface area contributed by atoms with Crippen molar-refractivity contribution in [3.63, 3.8) is 0 Å². The van der Waals surface area contributed by atoms with Crippen LogP contribution in [0, 0.1) is 6.92 Å². The van der Waals surface area contributed by atoms with Crippen LogP contribution in [0.1, 0.15) is 42.6 Å². The number of benzene rings is 1. The Morgan fingerprint density at radius 2 is 2.00 bits per heavy atom. The number of amides is 1. The van der Waals surface area contributed by atoms with Crippen LogP contribution in [0.15, 0.2) is 41.8 Å². The Morgan fingerprint density at radius 3 is 2.74 bits per heavy atom. The van der Waals surface area contributed by atoms with Crippen molar-refractivity contribution in [2.75, 3.05) is 26.0 Å². The lowest BCUT2D eigenvalue weighted by atomic mass is 10.0. The van der Waals surface area contributed by atoms with Crippen molar-refractivity contribution in [1.29, 1.82) is 0 Å². The van der Waals surface area contributed by atoms with Crippen molar-refractivity contribution < 1.29 is 9.53 Å². The Morgan fingerprint density at radius 1 is 1.23 bits per heavy atom. The quantitative estimate of drug-likeness (QED) is 0.393. The second-order valence-corrected chi connectivity index (χ2v) is 10.4. The van der Waals surface area contributed by atoms with Crippen LogP contribution in [0.25, 0.3) is 10.2 Å². The second-order valence-electron chi connectivity index (χ2n) is 9.50. The average Bonchev–Trinajstić information content (AvgIpc) is 3.50. The highest BCUT2D eigenvalue weighted by Gasteiger charge is 2.45. The van der Waals surface area contributed by atoms with E-state index in [-0.39, 0.29) is 12.2 Å². The SMILES string of the molecule is Cc1nc(Nc2n[nH]c3c2CN(C(=O)OC(CN(C)C)c2ccccc2)C3(C)C)c2ccsc2n1. The van der Waals surface area contributed by atoms with Gasteiger partial charge in [0.25, 0.3) is 0 Å². The van der Waals surface area contributed by atoms with Crippen LogP contribution in [-0.2, 0) is 16.8 Å². The molecule has 1 atom stereocenters. The van der Waals surface area contributed by atoms with E-state index in [0.717, 1.165) is 27.0 Å². The van der Waals surface area contributed by atoms with E-state index in [1.807, 2.05) is 81.5 Å². The third-order valence-corrected chi connectivity index (χ3v) is 7.12. The number of hydrogen-bond donors (Lipinski definition) is 2. The number of fused-ring (bicyclic) bond motifs is 2. The smallest absolute Gasteiger partial charge is 0.411 e. The lowest BCUT2D eigenvalue weighted by Crippen LogP contribution is -2.42. The van der Waals surface area contributed by atoms with E-state index in [1.54, 1.807) is 16.2 Å². The average molecular weight is 492 g/mol. The van der Waals surface area contributed by atoms with E-state index in [2.05, 4.69) is 25.5 Å². The number of thiophene rings is 1. The number of carbonyl (C=O) groups is 1. The maximum atomic E-state index is 13.5. The molecule has 1 aliphatic heterocycles. The number of aryl methyl sites for hydroxylation is 1. The minimum atomic E-state index is -0.613. The first-order valence-corrected chi connectivity index (χ1v) is 12.4. The van der Waals surface area contributed by atoms with Crippen molar-refractivity contribution in [1.82, 2.24) is 30.0 Å². The van der Waals surface area contributed by atoms with E-state index in [4.69, 9.17) is 4.74 Å². The van der Waals surface area contributed by atoms with Gasteiger partial charge in [0.05, 0.1) is 23.2 Å². The molecule has 0 fully saturated rings. The standard InChI is InChI=1S/C25H29N7O2S/c1-15-26-21(17-11-12-35-23(17)27-15)28-22-18-13-32(25(2,3)20(18)29-30-22)24(33)34-19(14-31(4)5)16-9-7-6-8-10-16/h6-12,19H,13-14H2,1-5H3,(H2,26,27,28,29,30). The van der Waals surface area contributed by atoms with Crippen LogP contribution >= 0.6 is 11.3 Å². The monoisotopic (exact) mass is 491 g/mol. The van der Waals surface area contributed by atoms with Crippen molar-refractivity contribution in [2.24, 2.45) is 0 Å². The molecule has 0 bridgehead atoms. The summed E-state index contributed by atoms with van der Waals surface area (Å²) in [6.45, 7) is 6.83. The van der Waals surface area contributed by atoms with Crippen molar-refractivity contribution >= 4 is 39.3 Å². The number of hydrogen-bond acceptors (Lipinski definition) is 8. The molecule has 2 N–H and O–H groups in total. The van der Waals surface area contributed by atoms with Crippen LogP contribution in [0.2, 0.25) is 0 Å². The number of aromatic amines is 1. The number of aromatic nitrogens is 4. The summed E-state index contributed by atoms with van der Waals surface area (Å²) in [5.41, 5.74) is 2.16. The molecule has 5 rings (SSSR count). The van der Waals surface area contributed by atoms with Gasteiger partial charge in [-0.2, -0.15) is 5.10 Å². The van der Waals surface area contributed by atoms with Gasteiger partial charge in [-0.05, 0) is 51.9 Å². The normalized spacial score (nSPS) is 15.4. The first kappa shape index (κ1) is 23.3. The highest BCUT2D eigenvalue weighted by atomic mass is 32.1. The Balaban J connectivity index is 1.40. The van der Waals surface area contributed by atoms with Gasteiger partial charge < -0.3 is 15.0 Å². The van der Waals surface area contributed by atoms with Crippen molar-refractivity contribution in [2.45, 2.75) is 39.0 Å². The molecule has 4 aromatic rings. The van der Waals surface area contributed by atoms with E-state index < -0.39 is 5.54 Å². The number of ether oxygens (including phenoxy) is 1. The van der Waals surface area contributed by atoms with Gasteiger partial charge in [0.15, 0.2) is 5.82 Å². The molecule has 1 amide bonds. The summed E-state index contributed by atoms with van der Waals surface area (Å²) >= 11 is 1.57.